The molecule has 4 nitrogen and oxygen atoms in total. The van der Waals surface area contributed by atoms with Crippen molar-refractivity contribution in [2.75, 3.05) is 0 Å². The zero-order valence-electron chi connectivity index (χ0n) is 16.0. The molecule has 0 aromatic carbocycles. The van der Waals surface area contributed by atoms with Crippen molar-refractivity contribution in [2.24, 2.45) is 11.8 Å². The SMILES string of the molecule is Cc1ccc(CCC(=O)/C=C/[C@H]2CCC(O)[C@@H]2C/C=C\CCCC(=O)O)s1. The molecule has 2 N–H and O–H groups in total. The summed E-state index contributed by atoms with van der Waals surface area (Å²) in [6.45, 7) is 2.07. The fourth-order valence-electron chi connectivity index (χ4n) is 3.57. The highest BCUT2D eigenvalue weighted by Crippen LogP contribution is 2.35. The third-order valence-electron chi connectivity index (χ3n) is 5.12. The van der Waals surface area contributed by atoms with Crippen molar-refractivity contribution in [3.63, 3.8) is 0 Å². The maximum Gasteiger partial charge on any atom is 0.303 e. The molecular weight excluding hydrogens is 360 g/mol. The highest BCUT2D eigenvalue weighted by molar-refractivity contribution is 7.11. The van der Waals surface area contributed by atoms with Crippen LogP contribution < -0.4 is 0 Å². The maximum atomic E-state index is 12.1. The lowest BCUT2D eigenvalue weighted by atomic mass is 9.90. The van der Waals surface area contributed by atoms with E-state index in [0.29, 0.717) is 12.8 Å². The number of hydrogen-bond donors (Lipinski definition) is 2. The second-order valence-corrected chi connectivity index (χ2v) is 8.68. The van der Waals surface area contributed by atoms with E-state index in [1.807, 2.05) is 18.2 Å². The molecule has 0 spiro atoms. The van der Waals surface area contributed by atoms with Gasteiger partial charge in [-0.1, -0.05) is 18.2 Å². The van der Waals surface area contributed by atoms with E-state index in [4.69, 9.17) is 5.11 Å². The van der Waals surface area contributed by atoms with Crippen LogP contribution in [0.2, 0.25) is 0 Å². The van der Waals surface area contributed by atoms with E-state index in [-0.39, 0.29) is 30.1 Å². The number of ketones is 1. The molecule has 2 rings (SSSR count). The van der Waals surface area contributed by atoms with Gasteiger partial charge in [0.15, 0.2) is 5.78 Å². The number of aliphatic hydroxyl groups excluding tert-OH is 1. The second-order valence-electron chi connectivity index (χ2n) is 7.30. The van der Waals surface area contributed by atoms with Crippen molar-refractivity contribution in [1.82, 2.24) is 0 Å². The third kappa shape index (κ3) is 7.81. The summed E-state index contributed by atoms with van der Waals surface area (Å²) >= 11 is 1.74. The van der Waals surface area contributed by atoms with Gasteiger partial charge in [-0.2, -0.15) is 0 Å². The fourth-order valence-corrected chi connectivity index (χ4v) is 4.46. The number of allylic oxidation sites excluding steroid dienone is 4. The Morgan fingerprint density at radius 1 is 1.22 bits per heavy atom. The average molecular weight is 391 g/mol. The predicted molar refractivity (Wildman–Crippen MR) is 109 cm³/mol. The number of carbonyl (C=O) groups excluding carboxylic acids is 1. The zero-order chi connectivity index (χ0) is 19.6. The lowest BCUT2D eigenvalue weighted by Gasteiger charge is -2.17. The number of carboxylic acid groups (broad SMARTS) is 1. The number of carboxylic acids is 1. The molecular formula is C22H30O4S. The van der Waals surface area contributed by atoms with Gasteiger partial charge in [-0.05, 0) is 75.5 Å². The Labute approximate surface area is 165 Å². The van der Waals surface area contributed by atoms with Crippen LogP contribution in [0.15, 0.2) is 36.4 Å². The Hall–Kier alpha value is -1.72. The van der Waals surface area contributed by atoms with Crippen molar-refractivity contribution >= 4 is 23.1 Å². The van der Waals surface area contributed by atoms with Gasteiger partial charge in [0.05, 0.1) is 6.10 Å². The van der Waals surface area contributed by atoms with Crippen molar-refractivity contribution in [3.8, 4) is 0 Å². The molecule has 1 heterocycles. The predicted octanol–water partition coefficient (Wildman–Crippen LogP) is 4.70. The summed E-state index contributed by atoms with van der Waals surface area (Å²) in [6.07, 6.45) is 12.8. The number of hydrogen-bond acceptors (Lipinski definition) is 4. The first-order valence-corrected chi connectivity index (χ1v) is 10.6. The van der Waals surface area contributed by atoms with Gasteiger partial charge in [0.25, 0.3) is 0 Å². The molecule has 0 saturated heterocycles. The zero-order valence-corrected chi connectivity index (χ0v) is 16.8. The molecule has 148 valence electrons. The molecule has 0 amide bonds. The molecule has 3 atom stereocenters. The van der Waals surface area contributed by atoms with Gasteiger partial charge in [0.1, 0.15) is 0 Å². The Bertz CT molecular complexity index is 674. The molecule has 0 bridgehead atoms. The lowest BCUT2D eigenvalue weighted by Crippen LogP contribution is -2.17. The first kappa shape index (κ1) is 21.6. The molecule has 1 aromatic rings. The topological polar surface area (TPSA) is 74.6 Å². The van der Waals surface area contributed by atoms with Crippen molar-refractivity contribution in [1.29, 1.82) is 0 Å². The van der Waals surface area contributed by atoms with E-state index < -0.39 is 5.97 Å². The fraction of sp³-hybridized carbons (Fsp3) is 0.545. The summed E-state index contributed by atoms with van der Waals surface area (Å²) < 4.78 is 0. The van der Waals surface area contributed by atoms with E-state index in [9.17, 15) is 14.7 Å². The summed E-state index contributed by atoms with van der Waals surface area (Å²) in [5.74, 6) is -0.245. The summed E-state index contributed by atoms with van der Waals surface area (Å²) in [5, 5.41) is 18.9. The maximum absolute atomic E-state index is 12.1. The van der Waals surface area contributed by atoms with E-state index in [1.54, 1.807) is 17.4 Å². The molecule has 1 saturated carbocycles. The normalized spacial score (nSPS) is 22.8. The van der Waals surface area contributed by atoms with Crippen LogP contribution in [-0.2, 0) is 16.0 Å². The Morgan fingerprint density at radius 2 is 2.04 bits per heavy atom. The Morgan fingerprint density at radius 3 is 2.74 bits per heavy atom. The number of thiophene rings is 1. The molecule has 1 aliphatic carbocycles. The summed E-state index contributed by atoms with van der Waals surface area (Å²) in [7, 11) is 0. The minimum Gasteiger partial charge on any atom is -0.481 e. The number of unbranched alkanes of at least 4 members (excludes halogenated alkanes) is 1. The summed E-state index contributed by atoms with van der Waals surface area (Å²) in [5.41, 5.74) is 0. The van der Waals surface area contributed by atoms with Gasteiger partial charge in [-0.15, -0.1) is 11.3 Å². The quantitative estimate of drug-likeness (QED) is 0.326. The lowest BCUT2D eigenvalue weighted by molar-refractivity contribution is -0.137. The number of carbonyl (C=O) groups is 2. The van der Waals surface area contributed by atoms with Crippen molar-refractivity contribution in [3.05, 3.63) is 46.2 Å². The number of rotatable bonds is 11. The van der Waals surface area contributed by atoms with E-state index >= 15 is 0 Å². The second kappa shape index (κ2) is 11.2. The van der Waals surface area contributed by atoms with Crippen LogP contribution in [0.3, 0.4) is 0 Å². The first-order valence-electron chi connectivity index (χ1n) is 9.77. The number of aliphatic carboxylic acids is 1. The van der Waals surface area contributed by atoms with E-state index in [1.165, 1.54) is 9.75 Å². The molecule has 1 aromatic heterocycles. The van der Waals surface area contributed by atoms with Crippen molar-refractivity contribution < 1.29 is 19.8 Å². The molecule has 5 heteroatoms. The van der Waals surface area contributed by atoms with Crippen LogP contribution in [0.25, 0.3) is 0 Å². The van der Waals surface area contributed by atoms with Gasteiger partial charge in [0, 0.05) is 22.6 Å². The highest BCUT2D eigenvalue weighted by atomic mass is 32.1. The molecule has 1 aliphatic rings. The molecule has 27 heavy (non-hydrogen) atoms. The van der Waals surface area contributed by atoms with Crippen LogP contribution in [0.4, 0.5) is 0 Å². The minimum atomic E-state index is -0.765. The third-order valence-corrected chi connectivity index (χ3v) is 6.18. The highest BCUT2D eigenvalue weighted by Gasteiger charge is 2.32. The standard InChI is InChI=1S/C22H30O4S/c1-16-8-13-19(27-16)14-12-18(23)11-9-17-10-15-21(24)20(17)6-4-2-3-5-7-22(25)26/h2,4,8-9,11,13,17,20-21,24H,3,5-7,10,12,14-15H2,1H3,(H,25,26)/b4-2-,11-9+/t17-,20+,21?/m0/s1. The molecule has 0 radical (unpaired) electrons. The Kier molecular flexibility index (Phi) is 8.95. The first-order chi connectivity index (χ1) is 13.0. The van der Waals surface area contributed by atoms with Crippen LogP contribution in [0, 0.1) is 18.8 Å². The summed E-state index contributed by atoms with van der Waals surface area (Å²) in [4.78, 5) is 25.2. The largest absolute Gasteiger partial charge is 0.481 e. The van der Waals surface area contributed by atoms with E-state index in [2.05, 4.69) is 19.1 Å². The number of aryl methyl sites for hydroxylation is 2. The van der Waals surface area contributed by atoms with E-state index in [0.717, 1.165) is 32.1 Å². The average Bonchev–Trinajstić information content (AvgIpc) is 3.20. The smallest absolute Gasteiger partial charge is 0.303 e. The van der Waals surface area contributed by atoms with Crippen LogP contribution in [-0.4, -0.2) is 28.1 Å². The van der Waals surface area contributed by atoms with Gasteiger partial charge < -0.3 is 10.2 Å². The summed E-state index contributed by atoms with van der Waals surface area (Å²) in [6, 6.07) is 4.17. The van der Waals surface area contributed by atoms with Crippen molar-refractivity contribution in [2.45, 2.75) is 64.4 Å². The van der Waals surface area contributed by atoms with Crippen LogP contribution in [0.1, 0.15) is 54.7 Å². The molecule has 1 unspecified atom stereocenters. The van der Waals surface area contributed by atoms with Crippen LogP contribution in [0.5, 0.6) is 0 Å². The number of aliphatic hydroxyl groups is 1. The van der Waals surface area contributed by atoms with Gasteiger partial charge >= 0.3 is 5.97 Å². The molecule has 1 fully saturated rings. The van der Waals surface area contributed by atoms with Gasteiger partial charge in [-0.25, -0.2) is 0 Å². The van der Waals surface area contributed by atoms with Crippen LogP contribution >= 0.6 is 11.3 Å². The molecule has 0 aliphatic heterocycles. The Balaban J connectivity index is 1.75. The monoisotopic (exact) mass is 390 g/mol. The minimum absolute atomic E-state index is 0.143. The van der Waals surface area contributed by atoms with Gasteiger partial charge in [-0.3, -0.25) is 9.59 Å². The van der Waals surface area contributed by atoms with Gasteiger partial charge in [0.2, 0.25) is 0 Å².